The minimum Gasteiger partial charge on any atom is -0.484 e. The molecule has 0 heterocycles. The first-order valence-electron chi connectivity index (χ1n) is 8.90. The van der Waals surface area contributed by atoms with Gasteiger partial charge >= 0.3 is 0 Å². The molecule has 1 atom stereocenters. The number of carbonyl (C=O) groups is 2. The van der Waals surface area contributed by atoms with Crippen molar-refractivity contribution in [2.24, 2.45) is 0 Å². The molecule has 2 aromatic rings. The SMILES string of the molecule is O=C(COc1ccc(Cl)cc1)NCC[C@H](O)CNC(=O)COc1ccc(Cl)cc1. The van der Waals surface area contributed by atoms with E-state index in [9.17, 15) is 14.7 Å². The fraction of sp³-hybridized carbons (Fsp3) is 0.300. The van der Waals surface area contributed by atoms with Crippen LogP contribution in [-0.4, -0.2) is 49.3 Å². The lowest BCUT2D eigenvalue weighted by Crippen LogP contribution is -2.37. The zero-order valence-corrected chi connectivity index (χ0v) is 17.1. The van der Waals surface area contributed by atoms with E-state index in [-0.39, 0.29) is 44.5 Å². The molecule has 2 aromatic carbocycles. The molecule has 9 heteroatoms. The highest BCUT2D eigenvalue weighted by Gasteiger charge is 2.09. The Labute approximate surface area is 178 Å². The number of nitrogens with one attached hydrogen (secondary N) is 2. The van der Waals surface area contributed by atoms with Gasteiger partial charge < -0.3 is 25.2 Å². The number of amides is 2. The van der Waals surface area contributed by atoms with Crippen LogP contribution in [0.1, 0.15) is 6.42 Å². The third kappa shape index (κ3) is 9.51. The summed E-state index contributed by atoms with van der Waals surface area (Å²) in [6.07, 6.45) is -0.516. The van der Waals surface area contributed by atoms with Crippen LogP contribution < -0.4 is 20.1 Å². The third-order valence-electron chi connectivity index (χ3n) is 3.70. The van der Waals surface area contributed by atoms with Gasteiger partial charge in [0.2, 0.25) is 0 Å². The molecule has 0 aliphatic carbocycles. The minimum absolute atomic E-state index is 0.0555. The molecule has 0 spiro atoms. The molecule has 156 valence electrons. The fourth-order valence-electron chi connectivity index (χ4n) is 2.17. The maximum absolute atomic E-state index is 11.7. The lowest BCUT2D eigenvalue weighted by molar-refractivity contribution is -0.124. The predicted octanol–water partition coefficient (Wildman–Crippen LogP) is 2.43. The molecule has 0 fully saturated rings. The van der Waals surface area contributed by atoms with Gasteiger partial charge in [-0.05, 0) is 55.0 Å². The molecule has 0 bridgehead atoms. The van der Waals surface area contributed by atoms with Crippen LogP contribution in [0.4, 0.5) is 0 Å². The van der Waals surface area contributed by atoms with Gasteiger partial charge in [0.1, 0.15) is 11.5 Å². The van der Waals surface area contributed by atoms with Crippen LogP contribution in [0.15, 0.2) is 48.5 Å². The molecule has 2 amide bonds. The van der Waals surface area contributed by atoms with Crippen molar-refractivity contribution in [2.75, 3.05) is 26.3 Å². The summed E-state index contributed by atoms with van der Waals surface area (Å²) in [4.78, 5) is 23.5. The summed E-state index contributed by atoms with van der Waals surface area (Å²) in [5, 5.41) is 16.3. The Kier molecular flexibility index (Phi) is 9.56. The number of carbonyl (C=O) groups excluding carboxylic acids is 2. The number of ether oxygens (including phenoxy) is 2. The van der Waals surface area contributed by atoms with E-state index in [2.05, 4.69) is 10.6 Å². The Hall–Kier alpha value is -2.48. The highest BCUT2D eigenvalue weighted by molar-refractivity contribution is 6.30. The smallest absolute Gasteiger partial charge is 0.258 e. The van der Waals surface area contributed by atoms with Gasteiger partial charge in [0, 0.05) is 23.1 Å². The number of aliphatic hydroxyl groups is 1. The van der Waals surface area contributed by atoms with E-state index in [0.29, 0.717) is 21.5 Å². The Morgan fingerprint density at radius 2 is 1.28 bits per heavy atom. The number of aliphatic hydroxyl groups excluding tert-OH is 1. The van der Waals surface area contributed by atoms with Crippen molar-refractivity contribution in [1.82, 2.24) is 10.6 Å². The van der Waals surface area contributed by atoms with Gasteiger partial charge in [-0.1, -0.05) is 23.2 Å². The summed E-state index contributed by atoms with van der Waals surface area (Å²) in [5.74, 6) is 0.383. The Balaban J connectivity index is 1.53. The molecular formula is C20H22Cl2N2O5. The van der Waals surface area contributed by atoms with Gasteiger partial charge in [-0.3, -0.25) is 9.59 Å². The highest BCUT2D eigenvalue weighted by atomic mass is 35.5. The largest absolute Gasteiger partial charge is 0.484 e. The first kappa shape index (κ1) is 22.8. The van der Waals surface area contributed by atoms with E-state index in [1.54, 1.807) is 48.5 Å². The monoisotopic (exact) mass is 440 g/mol. The lowest BCUT2D eigenvalue weighted by atomic mass is 10.2. The lowest BCUT2D eigenvalue weighted by Gasteiger charge is -2.13. The number of benzene rings is 2. The maximum Gasteiger partial charge on any atom is 0.258 e. The maximum atomic E-state index is 11.7. The van der Waals surface area contributed by atoms with E-state index in [1.165, 1.54) is 0 Å². The van der Waals surface area contributed by atoms with Crippen molar-refractivity contribution in [3.8, 4) is 11.5 Å². The van der Waals surface area contributed by atoms with Gasteiger partial charge in [0.05, 0.1) is 6.10 Å². The van der Waals surface area contributed by atoms with Crippen LogP contribution in [0.5, 0.6) is 11.5 Å². The average Bonchev–Trinajstić information content (AvgIpc) is 2.71. The van der Waals surface area contributed by atoms with Gasteiger partial charge in [-0.2, -0.15) is 0 Å². The van der Waals surface area contributed by atoms with Crippen LogP contribution >= 0.6 is 23.2 Å². The molecule has 0 aromatic heterocycles. The minimum atomic E-state index is -0.799. The van der Waals surface area contributed by atoms with E-state index < -0.39 is 6.10 Å². The zero-order valence-electron chi connectivity index (χ0n) is 15.6. The standard InChI is InChI=1S/C20H22Cl2N2O5/c21-14-1-5-17(6-2-14)28-12-19(26)23-10-9-16(25)11-24-20(27)13-29-18-7-3-15(22)4-8-18/h1-8,16,25H,9-13H2,(H,23,26)(H,24,27)/t16-/m0/s1. The second-order valence-electron chi connectivity index (χ2n) is 6.08. The Morgan fingerprint density at radius 1 is 0.828 bits per heavy atom. The van der Waals surface area contributed by atoms with Gasteiger partial charge in [-0.15, -0.1) is 0 Å². The third-order valence-corrected chi connectivity index (χ3v) is 4.21. The van der Waals surface area contributed by atoms with Crippen molar-refractivity contribution in [3.05, 3.63) is 58.6 Å². The van der Waals surface area contributed by atoms with Crippen LogP contribution in [0.2, 0.25) is 10.0 Å². The van der Waals surface area contributed by atoms with Crippen LogP contribution in [0, 0.1) is 0 Å². The summed E-state index contributed by atoms with van der Waals surface area (Å²) in [6.45, 7) is -0.00922. The molecule has 0 unspecified atom stereocenters. The molecule has 0 saturated carbocycles. The van der Waals surface area contributed by atoms with E-state index >= 15 is 0 Å². The summed E-state index contributed by atoms with van der Waals surface area (Å²) in [7, 11) is 0. The van der Waals surface area contributed by atoms with Crippen molar-refractivity contribution in [3.63, 3.8) is 0 Å². The summed E-state index contributed by atoms with van der Waals surface area (Å²) >= 11 is 11.5. The summed E-state index contributed by atoms with van der Waals surface area (Å²) < 4.78 is 10.6. The Morgan fingerprint density at radius 3 is 1.76 bits per heavy atom. The van der Waals surface area contributed by atoms with Gasteiger partial charge in [-0.25, -0.2) is 0 Å². The van der Waals surface area contributed by atoms with E-state index in [0.717, 1.165) is 0 Å². The molecule has 0 saturated heterocycles. The molecule has 29 heavy (non-hydrogen) atoms. The predicted molar refractivity (Wildman–Crippen MR) is 111 cm³/mol. The van der Waals surface area contributed by atoms with Crippen molar-refractivity contribution < 1.29 is 24.2 Å². The van der Waals surface area contributed by atoms with Crippen molar-refractivity contribution >= 4 is 35.0 Å². The second-order valence-corrected chi connectivity index (χ2v) is 6.95. The van der Waals surface area contributed by atoms with Crippen molar-refractivity contribution in [1.29, 1.82) is 0 Å². The van der Waals surface area contributed by atoms with E-state index in [1.807, 2.05) is 0 Å². The number of hydrogen-bond donors (Lipinski definition) is 3. The van der Waals surface area contributed by atoms with Crippen molar-refractivity contribution in [2.45, 2.75) is 12.5 Å². The van der Waals surface area contributed by atoms with Crippen LogP contribution in [0.25, 0.3) is 0 Å². The fourth-order valence-corrected chi connectivity index (χ4v) is 2.43. The normalized spacial score (nSPS) is 11.4. The highest BCUT2D eigenvalue weighted by Crippen LogP contribution is 2.16. The average molecular weight is 441 g/mol. The first-order valence-corrected chi connectivity index (χ1v) is 9.66. The molecule has 0 radical (unpaired) electrons. The number of hydrogen-bond acceptors (Lipinski definition) is 5. The number of halogens is 2. The molecule has 2 rings (SSSR count). The summed E-state index contributed by atoms with van der Waals surface area (Å²) in [6, 6.07) is 13.3. The molecule has 7 nitrogen and oxygen atoms in total. The molecule has 0 aliphatic rings. The topological polar surface area (TPSA) is 96.9 Å². The molecule has 3 N–H and O–H groups in total. The Bertz CT molecular complexity index is 784. The van der Waals surface area contributed by atoms with Gasteiger partial charge in [0.25, 0.3) is 11.8 Å². The molecule has 0 aliphatic heterocycles. The van der Waals surface area contributed by atoms with Crippen LogP contribution in [-0.2, 0) is 9.59 Å². The quantitative estimate of drug-likeness (QED) is 0.498. The number of rotatable bonds is 11. The molecular weight excluding hydrogens is 419 g/mol. The summed E-state index contributed by atoms with van der Waals surface area (Å²) in [5.41, 5.74) is 0. The van der Waals surface area contributed by atoms with E-state index in [4.69, 9.17) is 32.7 Å². The van der Waals surface area contributed by atoms with Crippen LogP contribution in [0.3, 0.4) is 0 Å². The first-order chi connectivity index (χ1) is 13.9. The zero-order chi connectivity index (χ0) is 21.1. The van der Waals surface area contributed by atoms with Gasteiger partial charge in [0.15, 0.2) is 13.2 Å². The second kappa shape index (κ2) is 12.2.